The first-order valence-electron chi connectivity index (χ1n) is 6.30. The van der Waals surface area contributed by atoms with Crippen LogP contribution in [0.3, 0.4) is 0 Å². The second-order valence-corrected chi connectivity index (χ2v) is 4.72. The van der Waals surface area contributed by atoms with Crippen LogP contribution in [-0.4, -0.2) is 69.1 Å². The van der Waals surface area contributed by atoms with Crippen molar-refractivity contribution in [2.24, 2.45) is 5.41 Å². The number of hydrogen-bond donors (Lipinski definition) is 2. The standard InChI is InChI=1S/C12H22N2O5/c1-18-7-5-14(6-8-19-2)11(17)13-9-12(3-4-12)10(15)16/h3-9H2,1-2H3,(H,13,17)(H,15,16). The lowest BCUT2D eigenvalue weighted by Crippen LogP contribution is -2.45. The van der Waals surface area contributed by atoms with E-state index in [2.05, 4.69) is 5.32 Å². The van der Waals surface area contributed by atoms with Gasteiger partial charge in [0.05, 0.1) is 18.6 Å². The van der Waals surface area contributed by atoms with Gasteiger partial charge in [-0.05, 0) is 12.8 Å². The van der Waals surface area contributed by atoms with Gasteiger partial charge in [-0.2, -0.15) is 0 Å². The van der Waals surface area contributed by atoms with Crippen molar-refractivity contribution in [1.82, 2.24) is 10.2 Å². The molecule has 7 nitrogen and oxygen atoms in total. The Hall–Kier alpha value is -1.34. The number of amides is 2. The van der Waals surface area contributed by atoms with Gasteiger partial charge in [-0.3, -0.25) is 4.79 Å². The monoisotopic (exact) mass is 274 g/mol. The molecule has 0 saturated heterocycles. The van der Waals surface area contributed by atoms with Crippen molar-refractivity contribution >= 4 is 12.0 Å². The number of urea groups is 1. The zero-order valence-electron chi connectivity index (χ0n) is 11.5. The number of ether oxygens (including phenoxy) is 2. The Morgan fingerprint density at radius 3 is 2.11 bits per heavy atom. The second kappa shape index (κ2) is 7.30. The Bertz CT molecular complexity index is 309. The van der Waals surface area contributed by atoms with Crippen LogP contribution in [0.15, 0.2) is 0 Å². The molecule has 1 aliphatic carbocycles. The van der Waals surface area contributed by atoms with Gasteiger partial charge < -0.3 is 24.8 Å². The van der Waals surface area contributed by atoms with E-state index in [-0.39, 0.29) is 12.6 Å². The minimum Gasteiger partial charge on any atom is -0.481 e. The highest BCUT2D eigenvalue weighted by Gasteiger charge is 2.50. The van der Waals surface area contributed by atoms with Gasteiger partial charge in [-0.1, -0.05) is 0 Å². The van der Waals surface area contributed by atoms with Crippen LogP contribution in [0, 0.1) is 5.41 Å². The number of hydrogen-bond acceptors (Lipinski definition) is 4. The molecule has 0 radical (unpaired) electrons. The molecule has 110 valence electrons. The number of nitrogens with zero attached hydrogens (tertiary/aromatic N) is 1. The number of carbonyl (C=O) groups excluding carboxylic acids is 1. The van der Waals surface area contributed by atoms with Crippen LogP contribution in [0.1, 0.15) is 12.8 Å². The van der Waals surface area contributed by atoms with Gasteiger partial charge >= 0.3 is 12.0 Å². The first-order valence-corrected chi connectivity index (χ1v) is 6.30. The quantitative estimate of drug-likeness (QED) is 0.625. The van der Waals surface area contributed by atoms with Crippen LogP contribution >= 0.6 is 0 Å². The summed E-state index contributed by atoms with van der Waals surface area (Å²) in [5.41, 5.74) is -0.746. The zero-order valence-corrected chi connectivity index (χ0v) is 11.5. The van der Waals surface area contributed by atoms with E-state index in [0.717, 1.165) is 0 Å². The van der Waals surface area contributed by atoms with Crippen molar-refractivity contribution in [1.29, 1.82) is 0 Å². The van der Waals surface area contributed by atoms with Gasteiger partial charge in [-0.15, -0.1) is 0 Å². The molecule has 0 spiro atoms. The number of rotatable bonds is 9. The molecule has 0 aromatic carbocycles. The van der Waals surface area contributed by atoms with Crippen molar-refractivity contribution < 1.29 is 24.2 Å². The van der Waals surface area contributed by atoms with Crippen molar-refractivity contribution in [3.8, 4) is 0 Å². The Balaban J connectivity index is 2.40. The van der Waals surface area contributed by atoms with Crippen LogP contribution in [0.4, 0.5) is 4.79 Å². The van der Waals surface area contributed by atoms with Crippen LogP contribution in [0.5, 0.6) is 0 Å². The summed E-state index contributed by atoms with van der Waals surface area (Å²) < 4.78 is 9.88. The number of carbonyl (C=O) groups is 2. The van der Waals surface area contributed by atoms with Gasteiger partial charge in [0, 0.05) is 33.9 Å². The van der Waals surface area contributed by atoms with Crippen LogP contribution in [-0.2, 0) is 14.3 Å². The van der Waals surface area contributed by atoms with Crippen molar-refractivity contribution in [3.05, 3.63) is 0 Å². The molecule has 0 atom stereocenters. The molecule has 0 aromatic heterocycles. The first-order chi connectivity index (χ1) is 9.05. The van der Waals surface area contributed by atoms with E-state index in [1.165, 1.54) is 0 Å². The number of aliphatic carboxylic acids is 1. The largest absolute Gasteiger partial charge is 0.481 e. The Morgan fingerprint density at radius 1 is 1.21 bits per heavy atom. The Morgan fingerprint density at radius 2 is 1.74 bits per heavy atom. The van der Waals surface area contributed by atoms with Gasteiger partial charge in [0.2, 0.25) is 0 Å². The summed E-state index contributed by atoms with van der Waals surface area (Å²) in [6.45, 7) is 1.94. The van der Waals surface area contributed by atoms with Gasteiger partial charge in [0.25, 0.3) is 0 Å². The van der Waals surface area contributed by atoms with Crippen LogP contribution in [0.25, 0.3) is 0 Å². The van der Waals surface area contributed by atoms with Gasteiger partial charge in [0.1, 0.15) is 0 Å². The van der Waals surface area contributed by atoms with Gasteiger partial charge in [0.15, 0.2) is 0 Å². The number of carboxylic acid groups (broad SMARTS) is 1. The van der Waals surface area contributed by atoms with Gasteiger partial charge in [-0.25, -0.2) is 4.79 Å². The normalized spacial score (nSPS) is 15.9. The summed E-state index contributed by atoms with van der Waals surface area (Å²) in [5.74, 6) is -0.840. The molecule has 1 fully saturated rings. The van der Waals surface area contributed by atoms with E-state index < -0.39 is 11.4 Å². The maximum Gasteiger partial charge on any atom is 0.317 e. The molecule has 0 aromatic rings. The summed E-state index contributed by atoms with van der Waals surface area (Å²) in [5, 5.41) is 11.7. The highest BCUT2D eigenvalue weighted by atomic mass is 16.5. The van der Waals surface area contributed by atoms with Crippen molar-refractivity contribution in [3.63, 3.8) is 0 Å². The topological polar surface area (TPSA) is 88.1 Å². The summed E-state index contributed by atoms with van der Waals surface area (Å²) >= 11 is 0. The molecule has 0 heterocycles. The molecule has 1 aliphatic rings. The van der Waals surface area contributed by atoms with Crippen LogP contribution < -0.4 is 5.32 Å². The predicted molar refractivity (Wildman–Crippen MR) is 68.0 cm³/mol. The molecular weight excluding hydrogens is 252 g/mol. The van der Waals surface area contributed by atoms with E-state index >= 15 is 0 Å². The fraction of sp³-hybridized carbons (Fsp3) is 0.833. The third-order valence-corrected chi connectivity index (χ3v) is 3.30. The minimum atomic E-state index is -0.840. The maximum atomic E-state index is 12.0. The highest BCUT2D eigenvalue weighted by molar-refractivity contribution is 5.80. The van der Waals surface area contributed by atoms with Crippen LogP contribution in [0.2, 0.25) is 0 Å². The molecular formula is C12H22N2O5. The van der Waals surface area contributed by atoms with E-state index in [1.54, 1.807) is 19.1 Å². The molecule has 2 N–H and O–H groups in total. The minimum absolute atomic E-state index is 0.178. The molecule has 2 amide bonds. The number of nitrogens with one attached hydrogen (secondary N) is 1. The summed E-state index contributed by atoms with van der Waals surface area (Å²) in [6.07, 6.45) is 1.25. The third-order valence-electron chi connectivity index (χ3n) is 3.30. The molecule has 1 rings (SSSR count). The predicted octanol–water partition coefficient (Wildman–Crippen LogP) is 0.156. The van der Waals surface area contributed by atoms with E-state index in [0.29, 0.717) is 39.1 Å². The molecule has 0 unspecified atom stereocenters. The summed E-state index contributed by atoms with van der Waals surface area (Å²) in [7, 11) is 3.13. The molecule has 19 heavy (non-hydrogen) atoms. The Kier molecular flexibility index (Phi) is 6.04. The highest BCUT2D eigenvalue weighted by Crippen LogP contribution is 2.45. The molecule has 7 heteroatoms. The lowest BCUT2D eigenvalue weighted by molar-refractivity contribution is -0.143. The molecule has 0 bridgehead atoms. The zero-order chi connectivity index (χ0) is 14.3. The second-order valence-electron chi connectivity index (χ2n) is 4.72. The van der Waals surface area contributed by atoms with E-state index in [9.17, 15) is 9.59 Å². The smallest absolute Gasteiger partial charge is 0.317 e. The SMILES string of the molecule is COCCN(CCOC)C(=O)NCC1(C(=O)O)CC1. The number of carboxylic acids is 1. The lowest BCUT2D eigenvalue weighted by Gasteiger charge is -2.23. The van der Waals surface area contributed by atoms with Crippen molar-refractivity contribution in [2.45, 2.75) is 12.8 Å². The molecule has 0 aliphatic heterocycles. The third kappa shape index (κ3) is 4.68. The van der Waals surface area contributed by atoms with E-state index in [4.69, 9.17) is 14.6 Å². The average molecular weight is 274 g/mol. The fourth-order valence-corrected chi connectivity index (χ4v) is 1.69. The lowest BCUT2D eigenvalue weighted by atomic mass is 10.1. The van der Waals surface area contributed by atoms with Crippen molar-refractivity contribution in [2.75, 3.05) is 47.1 Å². The molecule has 1 saturated carbocycles. The summed E-state index contributed by atoms with van der Waals surface area (Å²) in [6, 6.07) is -0.276. The Labute approximate surface area is 112 Å². The van der Waals surface area contributed by atoms with E-state index in [1.807, 2.05) is 0 Å². The maximum absolute atomic E-state index is 12.0. The fourth-order valence-electron chi connectivity index (χ4n) is 1.69. The average Bonchev–Trinajstić information content (AvgIpc) is 3.17. The first kappa shape index (κ1) is 15.7. The number of methoxy groups -OCH3 is 2. The summed E-state index contributed by atoms with van der Waals surface area (Å²) in [4.78, 5) is 24.5.